The van der Waals surface area contributed by atoms with Crippen molar-refractivity contribution in [1.82, 2.24) is 10.2 Å². The van der Waals surface area contributed by atoms with Gasteiger partial charge in [-0.25, -0.2) is 0 Å². The molecule has 1 aliphatic heterocycles. The molecule has 1 fully saturated rings. The lowest BCUT2D eigenvalue weighted by Crippen LogP contribution is -2.47. The van der Waals surface area contributed by atoms with Crippen molar-refractivity contribution in [2.75, 3.05) is 13.1 Å². The molecule has 0 aromatic carbocycles. The average Bonchev–Trinajstić information content (AvgIpc) is 2.59. The molecule has 2 atom stereocenters. The number of carbonyl (C=O) groups is 3. The number of amides is 2. The molecule has 0 radical (unpaired) electrons. The second-order valence-corrected chi connectivity index (χ2v) is 3.69. The van der Waals surface area contributed by atoms with E-state index >= 15 is 0 Å². The first-order valence-electron chi connectivity index (χ1n) is 4.87. The van der Waals surface area contributed by atoms with Gasteiger partial charge in [-0.3, -0.25) is 19.3 Å². The van der Waals surface area contributed by atoms with E-state index in [-0.39, 0.29) is 13.0 Å². The van der Waals surface area contributed by atoms with Gasteiger partial charge in [0.05, 0.1) is 12.1 Å². The van der Waals surface area contributed by atoms with Gasteiger partial charge in [0, 0.05) is 13.5 Å². The Balaban J connectivity index is 2.67. The number of carboxylic acid groups (broad SMARTS) is 1. The number of aliphatic hydroxyl groups is 1. The highest BCUT2D eigenvalue weighted by Crippen LogP contribution is 2.09. The van der Waals surface area contributed by atoms with E-state index in [1.807, 2.05) is 0 Å². The van der Waals surface area contributed by atoms with Crippen LogP contribution in [0.15, 0.2) is 0 Å². The number of hydrogen-bond donors (Lipinski definition) is 3. The van der Waals surface area contributed by atoms with Gasteiger partial charge < -0.3 is 15.5 Å². The Hall–Kier alpha value is -1.47. The van der Waals surface area contributed by atoms with Crippen LogP contribution in [0.2, 0.25) is 0 Å². The minimum Gasteiger partial charge on any atom is -0.480 e. The largest absolute Gasteiger partial charge is 0.480 e. The van der Waals surface area contributed by atoms with Crippen LogP contribution in [0.5, 0.6) is 0 Å². The van der Waals surface area contributed by atoms with Crippen LogP contribution in [0.1, 0.15) is 13.3 Å². The quantitative estimate of drug-likeness (QED) is 0.526. The van der Waals surface area contributed by atoms with Gasteiger partial charge in [0.25, 0.3) is 0 Å². The maximum Gasteiger partial charge on any atom is 0.323 e. The number of rotatable bonds is 3. The van der Waals surface area contributed by atoms with Gasteiger partial charge in [-0.1, -0.05) is 0 Å². The maximum absolute atomic E-state index is 11.7. The van der Waals surface area contributed by atoms with Gasteiger partial charge in [0.1, 0.15) is 6.54 Å². The van der Waals surface area contributed by atoms with Crippen molar-refractivity contribution in [3.63, 3.8) is 0 Å². The normalized spacial score (nSPS) is 24.1. The van der Waals surface area contributed by atoms with E-state index in [0.29, 0.717) is 4.90 Å². The third kappa shape index (κ3) is 3.01. The molecule has 7 heteroatoms. The Bertz CT molecular complexity index is 317. The van der Waals surface area contributed by atoms with Crippen molar-refractivity contribution in [2.24, 2.45) is 0 Å². The number of carbonyl (C=O) groups excluding carboxylic acids is 2. The van der Waals surface area contributed by atoms with Crippen LogP contribution in [0, 0.1) is 0 Å². The number of nitrogens with zero attached hydrogens (tertiary/aromatic N) is 1. The van der Waals surface area contributed by atoms with Gasteiger partial charge in [-0.15, -0.1) is 0 Å². The molecule has 0 aliphatic carbocycles. The van der Waals surface area contributed by atoms with Crippen molar-refractivity contribution in [1.29, 1.82) is 0 Å². The van der Waals surface area contributed by atoms with Crippen LogP contribution in [-0.4, -0.2) is 58.1 Å². The summed E-state index contributed by atoms with van der Waals surface area (Å²) in [5.41, 5.74) is 0. The number of hydrogen-bond acceptors (Lipinski definition) is 5. The van der Waals surface area contributed by atoms with Crippen molar-refractivity contribution >= 4 is 17.8 Å². The summed E-state index contributed by atoms with van der Waals surface area (Å²) in [5.74, 6) is -2.47. The van der Waals surface area contributed by atoms with Crippen molar-refractivity contribution in [3.8, 4) is 0 Å². The second kappa shape index (κ2) is 5.04. The van der Waals surface area contributed by atoms with Gasteiger partial charge in [0.15, 0.2) is 0 Å². The maximum atomic E-state index is 11.7. The molecule has 2 unspecified atom stereocenters. The Morgan fingerprint density at radius 3 is 2.44 bits per heavy atom. The third-order valence-electron chi connectivity index (χ3n) is 2.35. The molecule has 0 saturated carbocycles. The van der Waals surface area contributed by atoms with E-state index in [4.69, 9.17) is 5.11 Å². The summed E-state index contributed by atoms with van der Waals surface area (Å²) in [5, 5.41) is 20.5. The molecule has 1 rings (SSSR count). The van der Waals surface area contributed by atoms with E-state index < -0.39 is 36.5 Å². The Labute approximate surface area is 92.0 Å². The number of nitrogens with one attached hydrogen (secondary N) is 1. The van der Waals surface area contributed by atoms with Crippen LogP contribution in [0.3, 0.4) is 0 Å². The lowest BCUT2D eigenvalue weighted by atomic mass is 10.2. The van der Waals surface area contributed by atoms with Gasteiger partial charge in [-0.2, -0.15) is 0 Å². The smallest absolute Gasteiger partial charge is 0.323 e. The van der Waals surface area contributed by atoms with Crippen molar-refractivity contribution in [3.05, 3.63) is 0 Å². The summed E-state index contributed by atoms with van der Waals surface area (Å²) in [6.07, 6.45) is -0.435. The fourth-order valence-corrected chi connectivity index (χ4v) is 1.57. The minimum atomic E-state index is -1.25. The molecule has 90 valence electrons. The fourth-order valence-electron chi connectivity index (χ4n) is 1.57. The summed E-state index contributed by atoms with van der Waals surface area (Å²) in [4.78, 5) is 34.0. The Morgan fingerprint density at radius 1 is 1.44 bits per heavy atom. The van der Waals surface area contributed by atoms with Crippen LogP contribution in [0.4, 0.5) is 0 Å². The minimum absolute atomic E-state index is 0.197. The Kier molecular flexibility index (Phi) is 3.97. The van der Waals surface area contributed by atoms with E-state index in [9.17, 15) is 19.5 Å². The van der Waals surface area contributed by atoms with Gasteiger partial charge >= 0.3 is 5.97 Å². The van der Waals surface area contributed by atoms with E-state index in [1.54, 1.807) is 0 Å². The summed E-state index contributed by atoms with van der Waals surface area (Å²) >= 11 is 0. The second-order valence-electron chi connectivity index (χ2n) is 3.69. The number of aliphatic hydroxyl groups excluding tert-OH is 1. The predicted molar refractivity (Wildman–Crippen MR) is 52.4 cm³/mol. The highest BCUT2D eigenvalue weighted by Gasteiger charge is 2.33. The standard InChI is InChI=1S/C9H14N2O5/c1-5(12)11(4-8(14)15)9(16)7-2-6(13)3-10-7/h6-7,10,13H,2-4H2,1H3,(H,14,15). The van der Waals surface area contributed by atoms with E-state index in [2.05, 4.69) is 5.32 Å². The fraction of sp³-hybridized carbons (Fsp3) is 0.667. The van der Waals surface area contributed by atoms with Gasteiger partial charge in [-0.05, 0) is 6.42 Å². The summed E-state index contributed by atoms with van der Waals surface area (Å²) in [6, 6.07) is -0.682. The van der Waals surface area contributed by atoms with E-state index in [0.717, 1.165) is 6.92 Å². The first kappa shape index (κ1) is 12.6. The third-order valence-corrected chi connectivity index (χ3v) is 2.35. The molecule has 3 N–H and O–H groups in total. The first-order chi connectivity index (χ1) is 7.41. The number of carboxylic acids is 1. The number of aliphatic carboxylic acids is 1. The summed E-state index contributed by atoms with van der Waals surface area (Å²) < 4.78 is 0. The highest BCUT2D eigenvalue weighted by atomic mass is 16.4. The molecule has 1 heterocycles. The lowest BCUT2D eigenvalue weighted by molar-refractivity contribution is -0.152. The number of β-amino-alcohol motifs (C(OH)–C–C–N with tert-alkyl or cyclic N) is 1. The molecular weight excluding hydrogens is 216 g/mol. The summed E-state index contributed by atoms with van der Waals surface area (Å²) in [6.45, 7) is 0.754. The average molecular weight is 230 g/mol. The van der Waals surface area contributed by atoms with Crippen molar-refractivity contribution < 1.29 is 24.6 Å². The SMILES string of the molecule is CC(=O)N(CC(=O)O)C(=O)C1CC(O)CN1. The molecule has 2 amide bonds. The van der Waals surface area contributed by atoms with Crippen LogP contribution in [-0.2, 0) is 14.4 Å². The van der Waals surface area contributed by atoms with Crippen LogP contribution >= 0.6 is 0 Å². The number of imide groups is 1. The molecule has 1 aliphatic rings. The Morgan fingerprint density at radius 2 is 2.06 bits per heavy atom. The van der Waals surface area contributed by atoms with E-state index in [1.165, 1.54) is 0 Å². The zero-order valence-electron chi connectivity index (χ0n) is 8.84. The zero-order valence-corrected chi connectivity index (χ0v) is 8.84. The summed E-state index contributed by atoms with van der Waals surface area (Å²) in [7, 11) is 0. The topological polar surface area (TPSA) is 107 Å². The molecular formula is C9H14N2O5. The lowest BCUT2D eigenvalue weighted by Gasteiger charge is -2.20. The molecule has 1 saturated heterocycles. The highest BCUT2D eigenvalue weighted by molar-refractivity contribution is 5.99. The van der Waals surface area contributed by atoms with Crippen molar-refractivity contribution in [2.45, 2.75) is 25.5 Å². The predicted octanol–water partition coefficient (Wildman–Crippen LogP) is -1.83. The molecule has 0 aromatic heterocycles. The molecule has 0 spiro atoms. The molecule has 16 heavy (non-hydrogen) atoms. The first-order valence-corrected chi connectivity index (χ1v) is 4.87. The van der Waals surface area contributed by atoms with Gasteiger partial charge in [0.2, 0.25) is 11.8 Å². The monoisotopic (exact) mass is 230 g/mol. The molecule has 0 aromatic rings. The zero-order chi connectivity index (χ0) is 12.3. The van der Waals surface area contributed by atoms with Crippen LogP contribution < -0.4 is 5.32 Å². The van der Waals surface area contributed by atoms with Crippen LogP contribution in [0.25, 0.3) is 0 Å². The molecule has 0 bridgehead atoms. The molecule has 7 nitrogen and oxygen atoms in total.